The molecule has 28 heavy (non-hydrogen) atoms. The fourth-order valence-electron chi connectivity index (χ4n) is 3.67. The molecule has 2 heterocycles. The van der Waals surface area contributed by atoms with E-state index in [2.05, 4.69) is 10.4 Å². The summed E-state index contributed by atoms with van der Waals surface area (Å²) >= 11 is 0. The maximum Gasteiger partial charge on any atom is 0.291 e. The Balaban J connectivity index is 1.80. The normalized spacial score (nSPS) is 13.5. The molecule has 2 aromatic heterocycles. The predicted octanol–water partition coefficient (Wildman–Crippen LogP) is 3.33. The summed E-state index contributed by atoms with van der Waals surface area (Å²) in [4.78, 5) is 25.9. The minimum Gasteiger partial charge on any atom is -0.348 e. The Kier molecular flexibility index (Phi) is 4.47. The summed E-state index contributed by atoms with van der Waals surface area (Å²) in [6.07, 6.45) is 1.69. The Morgan fingerprint density at radius 1 is 1.00 bits per heavy atom. The molecule has 0 spiro atoms. The summed E-state index contributed by atoms with van der Waals surface area (Å²) in [5.74, 6) is -0.141. The van der Waals surface area contributed by atoms with Crippen LogP contribution in [0.3, 0.4) is 0 Å². The zero-order valence-electron chi connectivity index (χ0n) is 16.1. The number of hydrogen-bond acceptors (Lipinski definition) is 3. The molecule has 0 bridgehead atoms. The van der Waals surface area contributed by atoms with Gasteiger partial charge >= 0.3 is 0 Å². The highest BCUT2D eigenvalue weighted by Gasteiger charge is 2.24. The summed E-state index contributed by atoms with van der Waals surface area (Å²) < 4.78 is 3.12. The van der Waals surface area contributed by atoms with Crippen molar-refractivity contribution in [3.05, 3.63) is 76.7 Å². The lowest BCUT2D eigenvalue weighted by molar-refractivity contribution is -0.124. The Morgan fingerprint density at radius 3 is 2.43 bits per heavy atom. The van der Waals surface area contributed by atoms with Gasteiger partial charge in [0, 0.05) is 17.8 Å². The molecule has 0 saturated carbocycles. The minimum atomic E-state index is -0.552. The number of nitrogens with zero attached hydrogens (tertiary/aromatic N) is 3. The van der Waals surface area contributed by atoms with Crippen LogP contribution < -0.4 is 10.9 Å². The van der Waals surface area contributed by atoms with Gasteiger partial charge in [-0.15, -0.1) is 0 Å². The molecule has 1 N–H and O–H groups in total. The molecular formula is C22H22N4O2. The monoisotopic (exact) mass is 374 g/mol. The van der Waals surface area contributed by atoms with E-state index in [0.717, 1.165) is 21.9 Å². The average molecular weight is 374 g/mol. The third-order valence-corrected chi connectivity index (χ3v) is 5.23. The first kappa shape index (κ1) is 18.0. The van der Waals surface area contributed by atoms with E-state index in [1.807, 2.05) is 73.0 Å². The fourth-order valence-corrected chi connectivity index (χ4v) is 3.67. The second kappa shape index (κ2) is 6.96. The zero-order chi connectivity index (χ0) is 19.8. The molecule has 0 radical (unpaired) electrons. The molecule has 6 heteroatoms. The number of hydrogen-bond donors (Lipinski definition) is 1. The SMILES string of the molecule is C[C@H](C(=O)N[C@H](C)c1ccccc1)n1c2ccccc2c2cnn(C)c(=O)c21. The smallest absolute Gasteiger partial charge is 0.291 e. The van der Waals surface area contributed by atoms with Gasteiger partial charge in [-0.2, -0.15) is 5.10 Å². The quantitative estimate of drug-likeness (QED) is 0.596. The maximum absolute atomic E-state index is 13.1. The van der Waals surface area contributed by atoms with Gasteiger partial charge in [-0.05, 0) is 25.5 Å². The van der Waals surface area contributed by atoms with Crippen LogP contribution in [0.1, 0.15) is 31.5 Å². The summed E-state index contributed by atoms with van der Waals surface area (Å²) in [6, 6.07) is 16.8. The van der Waals surface area contributed by atoms with Gasteiger partial charge in [0.2, 0.25) is 5.91 Å². The van der Waals surface area contributed by atoms with E-state index in [4.69, 9.17) is 0 Å². The molecule has 0 aliphatic heterocycles. The van der Waals surface area contributed by atoms with E-state index < -0.39 is 6.04 Å². The Hall–Kier alpha value is -3.41. The summed E-state index contributed by atoms with van der Waals surface area (Å²) in [5.41, 5.74) is 2.15. The lowest BCUT2D eigenvalue weighted by Crippen LogP contribution is -2.34. The Morgan fingerprint density at radius 2 is 1.68 bits per heavy atom. The highest BCUT2D eigenvalue weighted by atomic mass is 16.2. The molecule has 0 saturated heterocycles. The highest BCUT2D eigenvalue weighted by Crippen LogP contribution is 2.29. The van der Waals surface area contributed by atoms with Gasteiger partial charge in [0.1, 0.15) is 11.6 Å². The number of carbonyl (C=O) groups excluding carboxylic acids is 1. The van der Waals surface area contributed by atoms with Crippen molar-refractivity contribution in [1.82, 2.24) is 19.7 Å². The van der Waals surface area contributed by atoms with Crippen LogP contribution in [0.2, 0.25) is 0 Å². The minimum absolute atomic E-state index is 0.131. The number of aryl methyl sites for hydroxylation is 1. The number of aromatic nitrogens is 3. The molecule has 1 amide bonds. The number of para-hydroxylation sites is 1. The lowest BCUT2D eigenvalue weighted by atomic mass is 10.1. The van der Waals surface area contributed by atoms with Crippen LogP contribution in [0.15, 0.2) is 65.6 Å². The van der Waals surface area contributed by atoms with Crippen LogP contribution >= 0.6 is 0 Å². The number of amides is 1. The second-order valence-electron chi connectivity index (χ2n) is 7.04. The van der Waals surface area contributed by atoms with E-state index in [9.17, 15) is 9.59 Å². The van der Waals surface area contributed by atoms with Gasteiger partial charge in [-0.3, -0.25) is 9.59 Å². The summed E-state index contributed by atoms with van der Waals surface area (Å²) in [5, 5.41) is 8.89. The van der Waals surface area contributed by atoms with Crippen molar-refractivity contribution in [2.45, 2.75) is 25.9 Å². The highest BCUT2D eigenvalue weighted by molar-refractivity contribution is 6.08. The standard InChI is InChI=1S/C22H22N4O2/c1-14(16-9-5-4-6-10-16)24-21(27)15(2)26-19-12-8-7-11-17(19)18-13-23-25(3)22(28)20(18)26/h4-15H,1-3H3,(H,24,27)/t14-,15-/m1/s1. The molecule has 0 aliphatic rings. The van der Waals surface area contributed by atoms with Crippen molar-refractivity contribution in [1.29, 1.82) is 0 Å². The third kappa shape index (κ3) is 2.87. The summed E-state index contributed by atoms with van der Waals surface area (Å²) in [6.45, 7) is 3.77. The van der Waals surface area contributed by atoms with E-state index >= 15 is 0 Å². The van der Waals surface area contributed by atoms with E-state index in [1.165, 1.54) is 4.68 Å². The van der Waals surface area contributed by atoms with Crippen molar-refractivity contribution in [3.63, 3.8) is 0 Å². The Labute approximate surface area is 162 Å². The van der Waals surface area contributed by atoms with Crippen molar-refractivity contribution < 1.29 is 4.79 Å². The van der Waals surface area contributed by atoms with Gasteiger partial charge in [0.15, 0.2) is 0 Å². The Bertz CT molecular complexity index is 1220. The van der Waals surface area contributed by atoms with Crippen molar-refractivity contribution in [2.24, 2.45) is 7.05 Å². The zero-order valence-corrected chi connectivity index (χ0v) is 16.1. The number of rotatable bonds is 4. The first-order valence-electron chi connectivity index (χ1n) is 9.29. The van der Waals surface area contributed by atoms with Crippen LogP contribution in [-0.4, -0.2) is 20.3 Å². The fraction of sp³-hybridized carbons (Fsp3) is 0.227. The number of benzene rings is 2. The maximum atomic E-state index is 13.1. The van der Waals surface area contributed by atoms with Crippen LogP contribution in [0.4, 0.5) is 0 Å². The number of nitrogens with one attached hydrogen (secondary N) is 1. The van der Waals surface area contributed by atoms with Crippen LogP contribution in [0.5, 0.6) is 0 Å². The third-order valence-electron chi connectivity index (χ3n) is 5.23. The first-order valence-corrected chi connectivity index (χ1v) is 9.29. The van der Waals surface area contributed by atoms with Crippen molar-refractivity contribution in [2.75, 3.05) is 0 Å². The van der Waals surface area contributed by atoms with Crippen LogP contribution in [0, 0.1) is 0 Å². The number of fused-ring (bicyclic) bond motifs is 3. The summed E-state index contributed by atoms with van der Waals surface area (Å²) in [7, 11) is 1.62. The second-order valence-corrected chi connectivity index (χ2v) is 7.04. The van der Waals surface area contributed by atoms with Gasteiger partial charge in [-0.1, -0.05) is 48.5 Å². The molecule has 0 unspecified atom stereocenters. The van der Waals surface area contributed by atoms with Gasteiger partial charge in [0.05, 0.1) is 17.8 Å². The van der Waals surface area contributed by atoms with Gasteiger partial charge in [-0.25, -0.2) is 4.68 Å². The van der Waals surface area contributed by atoms with Crippen LogP contribution in [-0.2, 0) is 11.8 Å². The topological polar surface area (TPSA) is 68.9 Å². The number of carbonyl (C=O) groups is 1. The van der Waals surface area contributed by atoms with Crippen molar-refractivity contribution in [3.8, 4) is 0 Å². The van der Waals surface area contributed by atoms with E-state index in [1.54, 1.807) is 13.2 Å². The molecule has 0 fully saturated rings. The first-order chi connectivity index (χ1) is 13.5. The van der Waals surface area contributed by atoms with Gasteiger partial charge in [0.25, 0.3) is 5.56 Å². The lowest BCUT2D eigenvalue weighted by Gasteiger charge is -2.20. The molecule has 2 atom stereocenters. The van der Waals surface area contributed by atoms with Gasteiger partial charge < -0.3 is 9.88 Å². The van der Waals surface area contributed by atoms with Crippen LogP contribution in [0.25, 0.3) is 21.8 Å². The van der Waals surface area contributed by atoms with Crippen molar-refractivity contribution >= 4 is 27.7 Å². The van der Waals surface area contributed by atoms with E-state index in [-0.39, 0.29) is 17.5 Å². The average Bonchev–Trinajstić information content (AvgIpc) is 3.05. The molecule has 0 aliphatic carbocycles. The van der Waals surface area contributed by atoms with E-state index in [0.29, 0.717) is 5.52 Å². The molecule has 142 valence electrons. The predicted molar refractivity (Wildman–Crippen MR) is 110 cm³/mol. The molecule has 2 aromatic carbocycles. The molecule has 4 aromatic rings. The molecular weight excluding hydrogens is 352 g/mol. The largest absolute Gasteiger partial charge is 0.348 e. The molecule has 4 rings (SSSR count). The molecule has 6 nitrogen and oxygen atoms in total.